The lowest BCUT2D eigenvalue weighted by Gasteiger charge is -2.56. The van der Waals surface area contributed by atoms with Crippen molar-refractivity contribution in [2.24, 2.45) is 11.8 Å². The second-order valence-electron chi connectivity index (χ2n) is 12.0. The number of ether oxygens (including phenoxy) is 2. The summed E-state index contributed by atoms with van der Waals surface area (Å²) in [5.74, 6) is -0.933. The summed E-state index contributed by atoms with van der Waals surface area (Å²) in [5, 5.41) is 0. The van der Waals surface area contributed by atoms with Crippen molar-refractivity contribution >= 4 is 5.91 Å². The molecule has 4 aliphatic heterocycles. The molecular weight excluding hydrogens is 598 g/mol. The molecule has 0 N–H and O–H groups in total. The van der Waals surface area contributed by atoms with Gasteiger partial charge in [0, 0.05) is 37.5 Å². The SMILES string of the molecule is O=C([C@@H]1CN2CC[C@H]1[C@H](OCc1cc(C(F)(F)F)cc(C(F)(F)F)c1)[C@@H]2C(c1ccccc1)c1ccccc1)N1CCOCC1. The third kappa shape index (κ3) is 6.76. The van der Waals surface area contributed by atoms with Crippen LogP contribution in [-0.4, -0.2) is 67.2 Å². The van der Waals surface area contributed by atoms with E-state index < -0.39 is 42.1 Å². The van der Waals surface area contributed by atoms with Gasteiger partial charge in [0.1, 0.15) is 0 Å². The van der Waals surface area contributed by atoms with Crippen LogP contribution in [0.15, 0.2) is 78.9 Å². The Hall–Kier alpha value is -3.41. The molecule has 4 fully saturated rings. The van der Waals surface area contributed by atoms with E-state index >= 15 is 0 Å². The lowest BCUT2D eigenvalue weighted by Crippen LogP contribution is -2.66. The van der Waals surface area contributed by atoms with Crippen LogP contribution < -0.4 is 0 Å². The predicted octanol–water partition coefficient (Wildman–Crippen LogP) is 6.62. The molecule has 240 valence electrons. The number of rotatable bonds is 7. The number of piperidine rings is 3. The topological polar surface area (TPSA) is 42.0 Å². The summed E-state index contributed by atoms with van der Waals surface area (Å²) in [5.41, 5.74) is -0.977. The Labute approximate surface area is 257 Å². The predicted molar refractivity (Wildman–Crippen MR) is 154 cm³/mol. The molecule has 4 heterocycles. The number of carbonyl (C=O) groups excluding carboxylic acids is 1. The molecule has 3 aromatic rings. The number of alkyl halides is 6. The highest BCUT2D eigenvalue weighted by molar-refractivity contribution is 5.80. The van der Waals surface area contributed by atoms with Crippen LogP contribution in [-0.2, 0) is 33.2 Å². The first kappa shape index (κ1) is 31.6. The number of hydrogen-bond donors (Lipinski definition) is 0. The zero-order valence-corrected chi connectivity index (χ0v) is 24.4. The minimum absolute atomic E-state index is 0.0190. The van der Waals surface area contributed by atoms with Crippen molar-refractivity contribution < 1.29 is 40.6 Å². The Morgan fingerprint density at radius 2 is 1.38 bits per heavy atom. The molecule has 0 saturated carbocycles. The Kier molecular flexibility index (Phi) is 8.96. The van der Waals surface area contributed by atoms with Gasteiger partial charge in [0.25, 0.3) is 0 Å². The van der Waals surface area contributed by atoms with E-state index in [2.05, 4.69) is 4.90 Å². The summed E-state index contributed by atoms with van der Waals surface area (Å²) in [7, 11) is 0. The van der Waals surface area contributed by atoms with Crippen molar-refractivity contribution in [2.45, 2.75) is 43.4 Å². The van der Waals surface area contributed by atoms with Crippen LogP contribution in [0.25, 0.3) is 0 Å². The summed E-state index contributed by atoms with van der Waals surface area (Å²) < 4.78 is 93.8. The smallest absolute Gasteiger partial charge is 0.378 e. The van der Waals surface area contributed by atoms with Gasteiger partial charge >= 0.3 is 12.4 Å². The molecule has 4 aliphatic rings. The average Bonchev–Trinajstić information content (AvgIpc) is 3.04. The second kappa shape index (κ2) is 12.8. The monoisotopic (exact) mass is 632 g/mol. The van der Waals surface area contributed by atoms with Gasteiger partial charge in [-0.25, -0.2) is 0 Å². The Balaban J connectivity index is 1.39. The average molecular weight is 633 g/mol. The van der Waals surface area contributed by atoms with Crippen molar-refractivity contribution in [1.29, 1.82) is 0 Å². The van der Waals surface area contributed by atoms with Crippen LogP contribution in [0.2, 0.25) is 0 Å². The molecule has 7 rings (SSSR count). The molecule has 2 bridgehead atoms. The molecule has 5 atom stereocenters. The lowest BCUT2D eigenvalue weighted by atomic mass is 9.67. The maximum Gasteiger partial charge on any atom is 0.416 e. The van der Waals surface area contributed by atoms with E-state index in [1.807, 2.05) is 60.7 Å². The first-order valence-electron chi connectivity index (χ1n) is 15.1. The van der Waals surface area contributed by atoms with E-state index in [-0.39, 0.29) is 35.4 Å². The molecule has 45 heavy (non-hydrogen) atoms. The fourth-order valence-electron chi connectivity index (χ4n) is 7.23. The zero-order valence-electron chi connectivity index (χ0n) is 24.4. The third-order valence-corrected chi connectivity index (χ3v) is 9.27. The van der Waals surface area contributed by atoms with Gasteiger partial charge in [0.05, 0.1) is 43.0 Å². The molecule has 3 aromatic carbocycles. The lowest BCUT2D eigenvalue weighted by molar-refractivity contribution is -0.170. The number of halogens is 6. The summed E-state index contributed by atoms with van der Waals surface area (Å²) in [6.45, 7) is 2.54. The highest BCUT2D eigenvalue weighted by Crippen LogP contribution is 2.46. The van der Waals surface area contributed by atoms with Gasteiger partial charge in [-0.3, -0.25) is 9.69 Å². The molecular formula is C34H34F6N2O3. The van der Waals surface area contributed by atoms with Gasteiger partial charge in [0.15, 0.2) is 0 Å². The Bertz CT molecular complexity index is 1390. The molecule has 1 amide bonds. The van der Waals surface area contributed by atoms with E-state index in [0.29, 0.717) is 57.9 Å². The van der Waals surface area contributed by atoms with Crippen LogP contribution in [0.3, 0.4) is 0 Å². The molecule has 0 aromatic heterocycles. The van der Waals surface area contributed by atoms with Crippen molar-refractivity contribution in [3.63, 3.8) is 0 Å². The van der Waals surface area contributed by atoms with E-state index in [1.54, 1.807) is 4.90 Å². The van der Waals surface area contributed by atoms with Gasteiger partial charge in [-0.1, -0.05) is 60.7 Å². The van der Waals surface area contributed by atoms with E-state index in [1.165, 1.54) is 0 Å². The van der Waals surface area contributed by atoms with Crippen molar-refractivity contribution in [1.82, 2.24) is 9.80 Å². The number of carbonyl (C=O) groups is 1. The van der Waals surface area contributed by atoms with Crippen molar-refractivity contribution in [3.8, 4) is 0 Å². The quantitative estimate of drug-likeness (QED) is 0.275. The molecule has 0 spiro atoms. The number of morpholine rings is 1. The molecule has 11 heteroatoms. The standard InChI is InChI=1S/C34H34F6N2O3/c35-33(36,37)25-17-22(18-26(19-25)34(38,39)40)21-45-31-27-11-12-42(20-28(27)32(43)41-13-15-44-16-14-41)30(31)29(23-7-3-1-4-8-23)24-9-5-2-6-10-24/h1-10,17-19,27-31H,11-16,20-21H2/t27-,28-,30+,31+/m1/s1. The van der Waals surface area contributed by atoms with Gasteiger partial charge in [-0.05, 0) is 47.9 Å². The molecule has 0 aliphatic carbocycles. The van der Waals surface area contributed by atoms with Gasteiger partial charge in [0.2, 0.25) is 5.91 Å². The summed E-state index contributed by atoms with van der Waals surface area (Å²) >= 11 is 0. The minimum Gasteiger partial charge on any atom is -0.378 e. The highest BCUT2D eigenvalue weighted by atomic mass is 19.4. The third-order valence-electron chi connectivity index (χ3n) is 9.27. The van der Waals surface area contributed by atoms with Gasteiger partial charge in [-0.15, -0.1) is 0 Å². The highest BCUT2D eigenvalue weighted by Gasteiger charge is 2.54. The minimum atomic E-state index is -4.96. The number of hydrogen-bond acceptors (Lipinski definition) is 4. The largest absolute Gasteiger partial charge is 0.416 e. The van der Waals surface area contributed by atoms with E-state index in [4.69, 9.17) is 9.47 Å². The van der Waals surface area contributed by atoms with Crippen LogP contribution in [0.1, 0.15) is 40.2 Å². The molecule has 4 saturated heterocycles. The molecule has 1 unspecified atom stereocenters. The normalized spacial score (nSPS) is 25.5. The fraction of sp³-hybridized carbons (Fsp3) is 0.441. The van der Waals surface area contributed by atoms with E-state index in [0.717, 1.165) is 11.1 Å². The van der Waals surface area contributed by atoms with Gasteiger partial charge in [-0.2, -0.15) is 26.3 Å². The summed E-state index contributed by atoms with van der Waals surface area (Å²) in [6.07, 6.45) is -9.95. The number of fused-ring (bicyclic) bond motifs is 3. The van der Waals surface area contributed by atoms with Crippen LogP contribution in [0.5, 0.6) is 0 Å². The van der Waals surface area contributed by atoms with Crippen LogP contribution in [0.4, 0.5) is 26.3 Å². The fourth-order valence-corrected chi connectivity index (χ4v) is 7.23. The molecule has 0 radical (unpaired) electrons. The molecule has 5 nitrogen and oxygen atoms in total. The maximum atomic E-state index is 13.8. The summed E-state index contributed by atoms with van der Waals surface area (Å²) in [6, 6.07) is 20.9. The number of nitrogens with zero attached hydrogens (tertiary/aromatic N) is 2. The van der Waals surface area contributed by atoms with Crippen LogP contribution >= 0.6 is 0 Å². The van der Waals surface area contributed by atoms with Crippen LogP contribution in [0, 0.1) is 11.8 Å². The first-order chi connectivity index (χ1) is 21.5. The number of benzene rings is 3. The summed E-state index contributed by atoms with van der Waals surface area (Å²) in [4.78, 5) is 17.8. The number of amides is 1. The zero-order chi connectivity index (χ0) is 31.8. The van der Waals surface area contributed by atoms with Crippen molar-refractivity contribution in [3.05, 3.63) is 107 Å². The second-order valence-corrected chi connectivity index (χ2v) is 12.0. The Morgan fingerprint density at radius 1 is 0.822 bits per heavy atom. The van der Waals surface area contributed by atoms with Gasteiger partial charge < -0.3 is 14.4 Å². The van der Waals surface area contributed by atoms with E-state index in [9.17, 15) is 31.1 Å². The maximum absolute atomic E-state index is 13.8. The van der Waals surface area contributed by atoms with Crippen molar-refractivity contribution in [2.75, 3.05) is 39.4 Å². The Morgan fingerprint density at radius 3 is 1.91 bits per heavy atom. The first-order valence-corrected chi connectivity index (χ1v) is 15.1.